The zero-order valence-electron chi connectivity index (χ0n) is 15.4. The second kappa shape index (κ2) is 8.63. The molecule has 0 bridgehead atoms. The molecule has 1 unspecified atom stereocenters. The molecule has 0 radical (unpaired) electrons. The first-order valence-electron chi connectivity index (χ1n) is 8.70. The first-order chi connectivity index (χ1) is 13.4. The Balaban J connectivity index is 1.78. The van der Waals surface area contributed by atoms with Crippen molar-refractivity contribution in [1.29, 1.82) is 5.26 Å². The highest BCUT2D eigenvalue weighted by atomic mass is 35.5. The van der Waals surface area contributed by atoms with Crippen molar-refractivity contribution < 1.29 is 14.3 Å². The molecule has 1 aliphatic carbocycles. The number of hydrogen-bond donors (Lipinski definition) is 1. The summed E-state index contributed by atoms with van der Waals surface area (Å²) in [6.07, 6.45) is 2.76. The van der Waals surface area contributed by atoms with Crippen molar-refractivity contribution in [2.75, 3.05) is 11.6 Å². The molecule has 1 aliphatic rings. The highest BCUT2D eigenvalue weighted by Gasteiger charge is 2.30. The van der Waals surface area contributed by atoms with Crippen molar-refractivity contribution in [2.45, 2.75) is 36.8 Å². The summed E-state index contributed by atoms with van der Waals surface area (Å²) in [5.41, 5.74) is 1.52. The van der Waals surface area contributed by atoms with Gasteiger partial charge in [-0.3, -0.25) is 4.79 Å². The van der Waals surface area contributed by atoms with Gasteiger partial charge in [0, 0.05) is 11.6 Å². The van der Waals surface area contributed by atoms with Crippen molar-refractivity contribution in [3.63, 3.8) is 0 Å². The Morgan fingerprint density at radius 2 is 2.11 bits per heavy atom. The number of ether oxygens (including phenoxy) is 1. The molecule has 1 N–H and O–H groups in total. The number of aromatic nitrogens is 1. The molecular weight excluding hydrogens is 398 g/mol. The lowest BCUT2D eigenvalue weighted by atomic mass is 10.1. The molecule has 8 heteroatoms. The number of para-hydroxylation sites is 1. The Hall–Kier alpha value is -2.56. The molecule has 1 heterocycles. The normalized spacial score (nSPS) is 14.1. The molecule has 144 valence electrons. The smallest absolute Gasteiger partial charge is 0.340 e. The maximum atomic E-state index is 12.7. The molecule has 6 nitrogen and oxygen atoms in total. The van der Waals surface area contributed by atoms with Crippen molar-refractivity contribution in [3.05, 3.63) is 52.2 Å². The molecule has 28 heavy (non-hydrogen) atoms. The second-order valence-electron chi connectivity index (χ2n) is 6.38. The van der Waals surface area contributed by atoms with Crippen LogP contribution in [0.3, 0.4) is 0 Å². The fourth-order valence-electron chi connectivity index (χ4n) is 2.62. The monoisotopic (exact) mass is 415 g/mol. The number of nitrogens with one attached hydrogen (secondary N) is 1. The molecular formula is C20H18ClN3O3S. The Morgan fingerprint density at radius 1 is 1.39 bits per heavy atom. The number of esters is 1. The van der Waals surface area contributed by atoms with Crippen LogP contribution < -0.4 is 5.32 Å². The predicted molar refractivity (Wildman–Crippen MR) is 108 cm³/mol. The van der Waals surface area contributed by atoms with E-state index in [1.807, 2.05) is 6.07 Å². The summed E-state index contributed by atoms with van der Waals surface area (Å²) < 4.78 is 5.33. The number of anilines is 1. The van der Waals surface area contributed by atoms with Crippen LogP contribution in [0.1, 0.15) is 47.3 Å². The first-order valence-corrected chi connectivity index (χ1v) is 10.3. The summed E-state index contributed by atoms with van der Waals surface area (Å²) in [4.78, 5) is 29.6. The number of rotatable bonds is 6. The summed E-state index contributed by atoms with van der Waals surface area (Å²) >= 11 is 7.34. The van der Waals surface area contributed by atoms with E-state index in [2.05, 4.69) is 10.3 Å². The lowest BCUT2D eigenvalue weighted by Crippen LogP contribution is -2.30. The number of thioether (sulfide) groups is 1. The first kappa shape index (κ1) is 20.2. The van der Waals surface area contributed by atoms with Crippen LogP contribution in [0.25, 0.3) is 0 Å². The Labute approximate surface area is 172 Å². The second-order valence-corrected chi connectivity index (χ2v) is 7.58. The third kappa shape index (κ3) is 4.46. The van der Waals surface area contributed by atoms with Gasteiger partial charge in [0.1, 0.15) is 11.1 Å². The van der Waals surface area contributed by atoms with Gasteiger partial charge in [-0.1, -0.05) is 23.7 Å². The van der Waals surface area contributed by atoms with E-state index >= 15 is 0 Å². The van der Waals surface area contributed by atoms with E-state index in [1.165, 1.54) is 18.7 Å². The molecule has 1 aromatic carbocycles. The van der Waals surface area contributed by atoms with Crippen molar-refractivity contribution in [1.82, 2.24) is 4.98 Å². The molecule has 0 aliphatic heterocycles. The van der Waals surface area contributed by atoms with Crippen LogP contribution in [0, 0.1) is 11.3 Å². The van der Waals surface area contributed by atoms with E-state index in [-0.39, 0.29) is 11.1 Å². The van der Waals surface area contributed by atoms with E-state index in [4.69, 9.17) is 16.3 Å². The molecule has 1 aromatic heterocycles. The summed E-state index contributed by atoms with van der Waals surface area (Å²) in [5, 5.41) is 13.0. The largest absolute Gasteiger partial charge is 0.449 e. The maximum absolute atomic E-state index is 12.7. The average Bonchev–Trinajstić information content (AvgIpc) is 3.53. The van der Waals surface area contributed by atoms with Gasteiger partial charge < -0.3 is 10.1 Å². The number of benzene rings is 1. The zero-order chi connectivity index (χ0) is 20.3. The lowest BCUT2D eigenvalue weighted by Gasteiger charge is -2.15. The van der Waals surface area contributed by atoms with Crippen LogP contribution in [0.2, 0.25) is 5.02 Å². The number of amides is 1. The van der Waals surface area contributed by atoms with Crippen LogP contribution in [-0.4, -0.2) is 29.2 Å². The van der Waals surface area contributed by atoms with Gasteiger partial charge >= 0.3 is 5.97 Å². The summed E-state index contributed by atoms with van der Waals surface area (Å²) in [6, 6.07) is 10.4. The van der Waals surface area contributed by atoms with Gasteiger partial charge in [0.25, 0.3) is 5.91 Å². The standard InChI is InChI=1S/C20H18ClN3O3S/c1-11(18(25)23-16-6-4-3-5-15(16)21)27-20(26)13-9-17(12-7-8-12)24-19(28-2)14(13)10-22/h3-6,9,11-12H,7-8H2,1-2H3,(H,23,25). The average molecular weight is 416 g/mol. The van der Waals surface area contributed by atoms with E-state index in [9.17, 15) is 14.9 Å². The molecule has 1 atom stereocenters. The fourth-order valence-corrected chi connectivity index (χ4v) is 3.36. The van der Waals surface area contributed by atoms with E-state index in [0.29, 0.717) is 21.7 Å². The van der Waals surface area contributed by atoms with E-state index in [0.717, 1.165) is 18.5 Å². The van der Waals surface area contributed by atoms with Crippen molar-refractivity contribution in [3.8, 4) is 6.07 Å². The third-order valence-electron chi connectivity index (χ3n) is 4.31. The van der Waals surface area contributed by atoms with Crippen LogP contribution in [-0.2, 0) is 9.53 Å². The Bertz CT molecular complexity index is 970. The number of pyridine rings is 1. The highest BCUT2D eigenvalue weighted by Crippen LogP contribution is 2.40. The van der Waals surface area contributed by atoms with Gasteiger partial charge in [0.2, 0.25) is 0 Å². The van der Waals surface area contributed by atoms with Gasteiger partial charge in [-0.25, -0.2) is 9.78 Å². The maximum Gasteiger partial charge on any atom is 0.340 e. The minimum Gasteiger partial charge on any atom is -0.449 e. The molecule has 0 saturated heterocycles. The SMILES string of the molecule is CSc1nc(C2CC2)cc(C(=O)OC(C)C(=O)Nc2ccccc2Cl)c1C#N. The van der Waals surface area contributed by atoms with Gasteiger partial charge in [-0.15, -0.1) is 11.8 Å². The van der Waals surface area contributed by atoms with Gasteiger partial charge in [0.05, 0.1) is 21.8 Å². The number of nitriles is 1. The third-order valence-corrected chi connectivity index (χ3v) is 5.32. The Morgan fingerprint density at radius 3 is 2.71 bits per heavy atom. The molecule has 1 fully saturated rings. The topological polar surface area (TPSA) is 92.1 Å². The van der Waals surface area contributed by atoms with Crippen LogP contribution in [0.15, 0.2) is 35.4 Å². The van der Waals surface area contributed by atoms with E-state index in [1.54, 1.807) is 36.6 Å². The number of hydrogen-bond acceptors (Lipinski definition) is 6. The van der Waals surface area contributed by atoms with E-state index < -0.39 is 18.0 Å². The molecule has 1 saturated carbocycles. The highest BCUT2D eigenvalue weighted by molar-refractivity contribution is 7.98. The predicted octanol–water partition coefficient (Wildman–Crippen LogP) is 4.39. The minimum absolute atomic E-state index is 0.140. The summed E-state index contributed by atoms with van der Waals surface area (Å²) in [7, 11) is 0. The molecule has 2 aromatic rings. The van der Waals surface area contributed by atoms with Gasteiger partial charge in [-0.2, -0.15) is 5.26 Å². The van der Waals surface area contributed by atoms with Crippen LogP contribution in [0.5, 0.6) is 0 Å². The molecule has 1 amide bonds. The lowest BCUT2D eigenvalue weighted by molar-refractivity contribution is -0.123. The summed E-state index contributed by atoms with van der Waals surface area (Å²) in [6.45, 7) is 1.47. The number of halogens is 1. The Kier molecular flexibility index (Phi) is 6.22. The fraction of sp³-hybridized carbons (Fsp3) is 0.300. The number of carbonyl (C=O) groups is 2. The minimum atomic E-state index is -1.06. The molecule has 3 rings (SSSR count). The van der Waals surface area contributed by atoms with Crippen molar-refractivity contribution >= 4 is 40.9 Å². The van der Waals surface area contributed by atoms with Gasteiger partial charge in [-0.05, 0) is 44.2 Å². The summed E-state index contributed by atoms with van der Waals surface area (Å²) in [5.74, 6) is -0.925. The number of nitrogens with zero attached hydrogens (tertiary/aromatic N) is 2. The zero-order valence-corrected chi connectivity index (χ0v) is 16.9. The molecule has 0 spiro atoms. The quantitative estimate of drug-likeness (QED) is 0.555. The van der Waals surface area contributed by atoms with Gasteiger partial charge in [0.15, 0.2) is 6.10 Å². The number of carbonyl (C=O) groups excluding carboxylic acids is 2. The van der Waals surface area contributed by atoms with Crippen LogP contribution in [0.4, 0.5) is 5.69 Å². The van der Waals surface area contributed by atoms with Crippen LogP contribution >= 0.6 is 23.4 Å². The van der Waals surface area contributed by atoms with Crippen molar-refractivity contribution in [2.24, 2.45) is 0 Å².